The Morgan fingerprint density at radius 2 is 2.00 bits per heavy atom. The zero-order valence-electron chi connectivity index (χ0n) is 14.2. The lowest BCUT2D eigenvalue weighted by molar-refractivity contribution is -0.113. The highest BCUT2D eigenvalue weighted by Crippen LogP contribution is 2.32. The van der Waals surface area contributed by atoms with E-state index in [1.165, 1.54) is 11.8 Å². The van der Waals surface area contributed by atoms with Crippen molar-refractivity contribution in [1.29, 1.82) is 0 Å². The lowest BCUT2D eigenvalue weighted by Gasteiger charge is -2.10. The van der Waals surface area contributed by atoms with Crippen molar-refractivity contribution in [3.8, 4) is 5.75 Å². The molecule has 0 aliphatic rings. The van der Waals surface area contributed by atoms with E-state index >= 15 is 0 Å². The Kier molecular flexibility index (Phi) is 6.26. The van der Waals surface area contributed by atoms with Crippen molar-refractivity contribution in [2.45, 2.75) is 19.0 Å². The number of thioether (sulfide) groups is 1. The number of amides is 1. The van der Waals surface area contributed by atoms with E-state index < -0.39 is 0 Å². The van der Waals surface area contributed by atoms with E-state index in [1.54, 1.807) is 0 Å². The third-order valence-electron chi connectivity index (χ3n) is 3.53. The van der Waals surface area contributed by atoms with E-state index in [0.29, 0.717) is 11.8 Å². The lowest BCUT2D eigenvalue weighted by Crippen LogP contribution is -2.15. The van der Waals surface area contributed by atoms with Crippen LogP contribution in [0.4, 0.5) is 5.69 Å². The summed E-state index contributed by atoms with van der Waals surface area (Å²) in [6, 6.07) is 9.63. The predicted octanol–water partition coefficient (Wildman–Crippen LogP) is 5.53. The average Bonchev–Trinajstić information content (AvgIpc) is 2.99. The molecule has 1 aromatic heterocycles. The van der Waals surface area contributed by atoms with E-state index in [0.717, 1.165) is 37.0 Å². The SMILES string of the molecule is CCOc1ccc2nc(SCC(=O)Nc3c(Br)cc(C)cc3Br)[nH]c2c1. The Morgan fingerprint density at radius 3 is 2.69 bits per heavy atom. The van der Waals surface area contributed by atoms with Crippen LogP contribution in [-0.4, -0.2) is 28.2 Å². The number of benzene rings is 2. The second-order valence-corrected chi connectivity index (χ2v) is 8.27. The smallest absolute Gasteiger partial charge is 0.234 e. The van der Waals surface area contributed by atoms with Gasteiger partial charge in [-0.2, -0.15) is 0 Å². The van der Waals surface area contributed by atoms with Gasteiger partial charge in [-0.05, 0) is 75.5 Å². The van der Waals surface area contributed by atoms with E-state index in [1.807, 2.05) is 44.2 Å². The zero-order chi connectivity index (χ0) is 18.7. The van der Waals surface area contributed by atoms with E-state index in [9.17, 15) is 4.79 Å². The summed E-state index contributed by atoms with van der Waals surface area (Å²) in [5.41, 5.74) is 3.57. The average molecular weight is 499 g/mol. The first-order valence-corrected chi connectivity index (χ1v) is 10.5. The molecule has 26 heavy (non-hydrogen) atoms. The van der Waals surface area contributed by atoms with Crippen molar-refractivity contribution in [2.75, 3.05) is 17.7 Å². The molecule has 0 saturated heterocycles. The highest BCUT2D eigenvalue weighted by molar-refractivity contribution is 9.11. The summed E-state index contributed by atoms with van der Waals surface area (Å²) in [6.45, 7) is 4.56. The maximum absolute atomic E-state index is 12.3. The highest BCUT2D eigenvalue weighted by atomic mass is 79.9. The number of nitrogens with zero attached hydrogens (tertiary/aromatic N) is 1. The molecule has 1 heterocycles. The summed E-state index contributed by atoms with van der Waals surface area (Å²) in [4.78, 5) is 20.0. The largest absolute Gasteiger partial charge is 0.494 e. The molecule has 0 aliphatic carbocycles. The molecule has 0 aliphatic heterocycles. The molecule has 3 aromatic rings. The van der Waals surface area contributed by atoms with Gasteiger partial charge in [0.1, 0.15) is 5.75 Å². The Labute approximate surface area is 172 Å². The number of aromatic nitrogens is 2. The molecular weight excluding hydrogens is 482 g/mol. The number of aryl methyl sites for hydroxylation is 1. The number of ether oxygens (including phenoxy) is 1. The van der Waals surface area contributed by atoms with Crippen LogP contribution in [0.3, 0.4) is 0 Å². The number of aromatic amines is 1. The Hall–Kier alpha value is -1.51. The topological polar surface area (TPSA) is 67.0 Å². The molecule has 0 saturated carbocycles. The van der Waals surface area contributed by atoms with Crippen LogP contribution in [-0.2, 0) is 4.79 Å². The number of fused-ring (bicyclic) bond motifs is 1. The summed E-state index contributed by atoms with van der Waals surface area (Å²) >= 11 is 8.32. The third-order valence-corrected chi connectivity index (χ3v) is 5.66. The van der Waals surface area contributed by atoms with Crippen LogP contribution in [0.1, 0.15) is 12.5 Å². The van der Waals surface area contributed by atoms with Gasteiger partial charge >= 0.3 is 0 Å². The van der Waals surface area contributed by atoms with Gasteiger partial charge in [-0.3, -0.25) is 4.79 Å². The van der Waals surface area contributed by atoms with Crippen LogP contribution in [0, 0.1) is 6.92 Å². The molecule has 8 heteroatoms. The van der Waals surface area contributed by atoms with Gasteiger partial charge in [0.25, 0.3) is 0 Å². The van der Waals surface area contributed by atoms with Crippen molar-refractivity contribution in [2.24, 2.45) is 0 Å². The molecule has 0 radical (unpaired) electrons. The van der Waals surface area contributed by atoms with Crippen LogP contribution in [0.5, 0.6) is 5.75 Å². The number of imidazole rings is 1. The maximum Gasteiger partial charge on any atom is 0.234 e. The van der Waals surface area contributed by atoms with Crippen LogP contribution < -0.4 is 10.1 Å². The summed E-state index contributed by atoms with van der Waals surface area (Å²) < 4.78 is 7.18. The fourth-order valence-electron chi connectivity index (χ4n) is 2.42. The second-order valence-electron chi connectivity index (χ2n) is 5.59. The van der Waals surface area contributed by atoms with E-state index in [-0.39, 0.29) is 11.7 Å². The molecule has 2 aromatic carbocycles. The number of carbonyl (C=O) groups excluding carboxylic acids is 1. The summed E-state index contributed by atoms with van der Waals surface area (Å²) in [5.74, 6) is 0.952. The molecule has 2 N–H and O–H groups in total. The van der Waals surface area contributed by atoms with Crippen molar-refractivity contribution < 1.29 is 9.53 Å². The van der Waals surface area contributed by atoms with Gasteiger partial charge in [0.05, 0.1) is 29.1 Å². The normalized spacial score (nSPS) is 10.9. The van der Waals surface area contributed by atoms with Crippen LogP contribution in [0.25, 0.3) is 11.0 Å². The van der Waals surface area contributed by atoms with E-state index in [4.69, 9.17) is 4.74 Å². The molecule has 136 valence electrons. The third kappa shape index (κ3) is 4.61. The van der Waals surface area contributed by atoms with E-state index in [2.05, 4.69) is 47.1 Å². The maximum atomic E-state index is 12.3. The molecule has 1 amide bonds. The van der Waals surface area contributed by atoms with Crippen molar-refractivity contribution in [3.05, 3.63) is 44.8 Å². The van der Waals surface area contributed by atoms with Gasteiger partial charge in [-0.25, -0.2) is 4.98 Å². The summed E-state index contributed by atoms with van der Waals surface area (Å²) in [6.07, 6.45) is 0. The summed E-state index contributed by atoms with van der Waals surface area (Å²) in [5, 5.41) is 3.62. The van der Waals surface area contributed by atoms with Crippen molar-refractivity contribution in [1.82, 2.24) is 9.97 Å². The number of halogens is 2. The first-order chi connectivity index (χ1) is 12.5. The van der Waals surface area contributed by atoms with Crippen molar-refractivity contribution >= 4 is 66.2 Å². The Bertz CT molecular complexity index is 936. The Balaban J connectivity index is 1.65. The molecule has 0 spiro atoms. The van der Waals surface area contributed by atoms with Gasteiger partial charge in [-0.15, -0.1) is 0 Å². The molecule has 0 bridgehead atoms. The fourth-order valence-corrected chi connectivity index (χ4v) is 4.72. The molecule has 5 nitrogen and oxygen atoms in total. The van der Waals surface area contributed by atoms with Crippen LogP contribution in [0.2, 0.25) is 0 Å². The molecule has 0 fully saturated rings. The number of nitrogens with one attached hydrogen (secondary N) is 2. The molecule has 3 rings (SSSR count). The summed E-state index contributed by atoms with van der Waals surface area (Å²) in [7, 11) is 0. The second kappa shape index (κ2) is 8.45. The first kappa shape index (κ1) is 19.3. The molecular formula is C18H17Br2N3O2S. The number of hydrogen-bond donors (Lipinski definition) is 2. The number of rotatable bonds is 6. The van der Waals surface area contributed by atoms with Gasteiger partial charge in [0, 0.05) is 15.0 Å². The van der Waals surface area contributed by atoms with Crippen LogP contribution >= 0.6 is 43.6 Å². The van der Waals surface area contributed by atoms with Gasteiger partial charge in [0.2, 0.25) is 5.91 Å². The minimum atomic E-state index is -0.101. The number of anilines is 1. The monoisotopic (exact) mass is 497 g/mol. The quantitative estimate of drug-likeness (QED) is 0.438. The highest BCUT2D eigenvalue weighted by Gasteiger charge is 2.12. The Morgan fingerprint density at radius 1 is 1.27 bits per heavy atom. The fraction of sp³-hybridized carbons (Fsp3) is 0.222. The molecule has 0 atom stereocenters. The first-order valence-electron chi connectivity index (χ1n) is 7.97. The van der Waals surface area contributed by atoms with Gasteiger partial charge in [0.15, 0.2) is 5.16 Å². The number of H-pyrrole nitrogens is 1. The van der Waals surface area contributed by atoms with Crippen molar-refractivity contribution in [3.63, 3.8) is 0 Å². The van der Waals surface area contributed by atoms with Gasteiger partial charge < -0.3 is 15.0 Å². The van der Waals surface area contributed by atoms with Gasteiger partial charge in [-0.1, -0.05) is 11.8 Å². The zero-order valence-corrected chi connectivity index (χ0v) is 18.2. The minimum Gasteiger partial charge on any atom is -0.494 e. The van der Waals surface area contributed by atoms with Crippen LogP contribution in [0.15, 0.2) is 44.4 Å². The predicted molar refractivity (Wildman–Crippen MR) is 113 cm³/mol. The standard InChI is InChI=1S/C18H17Br2N3O2S/c1-3-25-11-4-5-14-15(8-11)22-18(21-14)26-9-16(24)23-17-12(19)6-10(2)7-13(17)20/h4-8H,3,9H2,1-2H3,(H,21,22)(H,23,24). The lowest BCUT2D eigenvalue weighted by atomic mass is 10.2. The number of carbonyl (C=O) groups is 1. The minimum absolute atomic E-state index is 0.101. The molecule has 0 unspecified atom stereocenters. The number of hydrogen-bond acceptors (Lipinski definition) is 4.